The summed E-state index contributed by atoms with van der Waals surface area (Å²) in [7, 11) is 1.91. The summed E-state index contributed by atoms with van der Waals surface area (Å²) in [5.74, 6) is 1.29. The average Bonchev–Trinajstić information content (AvgIpc) is 2.88. The van der Waals surface area contributed by atoms with E-state index in [2.05, 4.69) is 10.2 Å². The number of rotatable bonds is 4. The third kappa shape index (κ3) is 3.42. The Morgan fingerprint density at radius 3 is 2.86 bits per heavy atom. The van der Waals surface area contributed by atoms with Crippen LogP contribution in [0, 0.1) is 5.82 Å². The van der Waals surface area contributed by atoms with Crippen molar-refractivity contribution in [1.29, 1.82) is 0 Å². The smallest absolute Gasteiger partial charge is 0.191 e. The highest BCUT2D eigenvalue weighted by atomic mass is 32.2. The summed E-state index contributed by atoms with van der Waals surface area (Å²) < 4.78 is 25.5. The second kappa shape index (κ2) is 6.55. The summed E-state index contributed by atoms with van der Waals surface area (Å²) in [6.45, 7) is 1.11. The van der Waals surface area contributed by atoms with E-state index in [4.69, 9.17) is 9.47 Å². The van der Waals surface area contributed by atoms with Crippen LogP contribution in [0.4, 0.5) is 4.39 Å². The normalized spacial score (nSPS) is 18.9. The quantitative estimate of drug-likeness (QED) is 0.812. The molecule has 1 aliphatic rings. The minimum Gasteiger partial charge on any atom is -0.355 e. The van der Waals surface area contributed by atoms with Gasteiger partial charge in [0.25, 0.3) is 0 Å². The van der Waals surface area contributed by atoms with Crippen molar-refractivity contribution >= 4 is 11.8 Å². The molecule has 2 heterocycles. The van der Waals surface area contributed by atoms with Crippen LogP contribution < -0.4 is 0 Å². The lowest BCUT2D eigenvalue weighted by Gasteiger charge is -2.21. The fraction of sp³-hybridized carbons (Fsp3) is 0.429. The molecule has 0 aliphatic carbocycles. The molecule has 1 saturated heterocycles. The van der Waals surface area contributed by atoms with E-state index < -0.39 is 0 Å². The van der Waals surface area contributed by atoms with Gasteiger partial charge < -0.3 is 14.0 Å². The van der Waals surface area contributed by atoms with Gasteiger partial charge in [-0.2, -0.15) is 0 Å². The Morgan fingerprint density at radius 1 is 1.33 bits per heavy atom. The summed E-state index contributed by atoms with van der Waals surface area (Å²) in [5, 5.41) is 9.20. The van der Waals surface area contributed by atoms with E-state index in [0.29, 0.717) is 6.79 Å². The average molecular weight is 309 g/mol. The topological polar surface area (TPSA) is 49.2 Å². The number of benzene rings is 1. The number of hydrogen-bond acceptors (Lipinski definition) is 5. The van der Waals surface area contributed by atoms with Gasteiger partial charge in [-0.05, 0) is 30.7 Å². The first-order valence-electron chi connectivity index (χ1n) is 6.71. The summed E-state index contributed by atoms with van der Waals surface area (Å²) >= 11 is 1.61. The summed E-state index contributed by atoms with van der Waals surface area (Å²) in [6, 6.07) is 6.25. The molecule has 0 radical (unpaired) electrons. The molecule has 1 aromatic carbocycles. The van der Waals surface area contributed by atoms with Gasteiger partial charge >= 0.3 is 0 Å². The van der Waals surface area contributed by atoms with Gasteiger partial charge in [-0.1, -0.05) is 11.8 Å². The van der Waals surface area contributed by atoms with E-state index in [0.717, 1.165) is 35.3 Å². The third-order valence-corrected chi connectivity index (χ3v) is 4.46. The third-order valence-electron chi connectivity index (χ3n) is 3.31. The molecule has 1 aliphatic heterocycles. The Bertz CT molecular complexity index is 597. The second-order valence-electron chi connectivity index (χ2n) is 4.79. The van der Waals surface area contributed by atoms with Crippen molar-refractivity contribution in [3.63, 3.8) is 0 Å². The Hall–Kier alpha value is -1.44. The van der Waals surface area contributed by atoms with Crippen molar-refractivity contribution in [3.05, 3.63) is 30.1 Å². The van der Waals surface area contributed by atoms with E-state index in [9.17, 15) is 4.39 Å². The Labute approximate surface area is 126 Å². The van der Waals surface area contributed by atoms with Crippen LogP contribution in [0.5, 0.6) is 0 Å². The molecular weight excluding hydrogens is 293 g/mol. The van der Waals surface area contributed by atoms with Crippen LogP contribution in [-0.2, 0) is 16.5 Å². The first kappa shape index (κ1) is 14.5. The van der Waals surface area contributed by atoms with E-state index >= 15 is 0 Å². The molecular formula is C14H16FN3O2S. The SMILES string of the molecule is Cn1c(SC[C@H]2CCOCO2)nnc1-c1ccc(F)cc1. The Kier molecular flexibility index (Phi) is 4.52. The number of halogens is 1. The predicted molar refractivity (Wildman–Crippen MR) is 77.4 cm³/mol. The maximum atomic E-state index is 13.0. The summed E-state index contributed by atoms with van der Waals surface area (Å²) in [5.41, 5.74) is 0.848. The number of ether oxygens (including phenoxy) is 2. The molecule has 112 valence electrons. The minimum atomic E-state index is -0.257. The van der Waals surface area contributed by atoms with Crippen LogP contribution >= 0.6 is 11.8 Å². The molecule has 7 heteroatoms. The highest BCUT2D eigenvalue weighted by Crippen LogP contribution is 2.24. The second-order valence-corrected chi connectivity index (χ2v) is 5.77. The van der Waals surface area contributed by atoms with E-state index in [-0.39, 0.29) is 11.9 Å². The molecule has 0 N–H and O–H groups in total. The summed E-state index contributed by atoms with van der Waals surface area (Å²) in [4.78, 5) is 0. The van der Waals surface area contributed by atoms with Crippen LogP contribution in [0.2, 0.25) is 0 Å². The van der Waals surface area contributed by atoms with Crippen molar-refractivity contribution in [1.82, 2.24) is 14.8 Å². The highest BCUT2D eigenvalue weighted by molar-refractivity contribution is 7.99. The van der Waals surface area contributed by atoms with Crippen molar-refractivity contribution in [2.24, 2.45) is 7.05 Å². The van der Waals surface area contributed by atoms with E-state index in [1.807, 2.05) is 11.6 Å². The molecule has 1 fully saturated rings. The molecule has 1 atom stereocenters. The zero-order valence-electron chi connectivity index (χ0n) is 11.7. The number of aromatic nitrogens is 3. The molecule has 2 aromatic rings. The van der Waals surface area contributed by atoms with Gasteiger partial charge in [0.2, 0.25) is 0 Å². The van der Waals surface area contributed by atoms with Crippen molar-refractivity contribution in [2.75, 3.05) is 19.2 Å². The largest absolute Gasteiger partial charge is 0.355 e. The van der Waals surface area contributed by atoms with Crippen molar-refractivity contribution in [3.8, 4) is 11.4 Å². The van der Waals surface area contributed by atoms with E-state index in [1.165, 1.54) is 12.1 Å². The van der Waals surface area contributed by atoms with Gasteiger partial charge in [-0.25, -0.2) is 4.39 Å². The molecule has 0 saturated carbocycles. The van der Waals surface area contributed by atoms with Crippen molar-refractivity contribution < 1.29 is 13.9 Å². The first-order chi connectivity index (χ1) is 10.2. The minimum absolute atomic E-state index is 0.190. The fourth-order valence-electron chi connectivity index (χ4n) is 2.09. The van der Waals surface area contributed by atoms with Crippen LogP contribution in [0.3, 0.4) is 0 Å². The highest BCUT2D eigenvalue weighted by Gasteiger charge is 2.17. The molecule has 5 nitrogen and oxygen atoms in total. The lowest BCUT2D eigenvalue weighted by Crippen LogP contribution is -2.25. The lowest BCUT2D eigenvalue weighted by molar-refractivity contribution is -0.130. The zero-order chi connectivity index (χ0) is 14.7. The number of hydrogen-bond donors (Lipinski definition) is 0. The molecule has 0 bridgehead atoms. The van der Waals surface area contributed by atoms with Gasteiger partial charge in [-0.3, -0.25) is 0 Å². The zero-order valence-corrected chi connectivity index (χ0v) is 12.5. The van der Waals surface area contributed by atoms with Crippen LogP contribution in [0.15, 0.2) is 29.4 Å². The first-order valence-corrected chi connectivity index (χ1v) is 7.70. The monoisotopic (exact) mass is 309 g/mol. The fourth-order valence-corrected chi connectivity index (χ4v) is 3.07. The van der Waals surface area contributed by atoms with E-state index in [1.54, 1.807) is 23.9 Å². The number of thioether (sulfide) groups is 1. The number of nitrogens with zero attached hydrogens (tertiary/aromatic N) is 3. The van der Waals surface area contributed by atoms with Gasteiger partial charge in [-0.15, -0.1) is 10.2 Å². The molecule has 0 unspecified atom stereocenters. The lowest BCUT2D eigenvalue weighted by atomic mass is 10.2. The molecule has 0 amide bonds. The maximum absolute atomic E-state index is 13.0. The molecule has 1 aromatic heterocycles. The van der Waals surface area contributed by atoms with Crippen LogP contribution in [-0.4, -0.2) is 40.0 Å². The maximum Gasteiger partial charge on any atom is 0.191 e. The molecule has 0 spiro atoms. The van der Waals surface area contributed by atoms with Crippen molar-refractivity contribution in [2.45, 2.75) is 17.7 Å². The molecule has 21 heavy (non-hydrogen) atoms. The molecule has 3 rings (SSSR count). The summed E-state index contributed by atoms with van der Waals surface area (Å²) in [6.07, 6.45) is 1.09. The standard InChI is InChI=1S/C14H16FN3O2S/c1-18-13(10-2-4-11(15)5-3-10)16-17-14(18)21-8-12-6-7-19-9-20-12/h2-5,12H,6-9H2,1H3/t12-/m1/s1. The van der Waals surface area contributed by atoms with Gasteiger partial charge in [0.15, 0.2) is 11.0 Å². The van der Waals surface area contributed by atoms with Gasteiger partial charge in [0.1, 0.15) is 12.6 Å². The van der Waals surface area contributed by atoms with Crippen LogP contribution in [0.1, 0.15) is 6.42 Å². The predicted octanol–water partition coefficient (Wildman–Crippen LogP) is 2.48. The van der Waals surface area contributed by atoms with Crippen LogP contribution in [0.25, 0.3) is 11.4 Å². The Balaban J connectivity index is 1.68. The Morgan fingerprint density at radius 2 is 2.14 bits per heavy atom. The van der Waals surface area contributed by atoms with Gasteiger partial charge in [0, 0.05) is 18.4 Å². The van der Waals surface area contributed by atoms with Gasteiger partial charge in [0.05, 0.1) is 12.7 Å².